The second kappa shape index (κ2) is 5.92. The third-order valence-corrected chi connectivity index (χ3v) is 3.21. The van der Waals surface area contributed by atoms with Crippen molar-refractivity contribution in [2.75, 3.05) is 11.1 Å². The summed E-state index contributed by atoms with van der Waals surface area (Å²) in [6.45, 7) is 0. The largest absolute Gasteiger partial charge is 0.478 e. The van der Waals surface area contributed by atoms with Gasteiger partial charge in [-0.1, -0.05) is 15.9 Å². The lowest BCUT2D eigenvalue weighted by Gasteiger charge is -2.09. The number of anilines is 2. The number of carboxylic acids is 1. The number of hydrogen-bond donors (Lipinski definition) is 3. The van der Waals surface area contributed by atoms with Gasteiger partial charge >= 0.3 is 5.97 Å². The summed E-state index contributed by atoms with van der Waals surface area (Å²) in [6, 6.07) is 8.04. The summed E-state index contributed by atoms with van der Waals surface area (Å²) in [5, 5.41) is 11.3. The number of carbonyl (C=O) groups is 2. The summed E-state index contributed by atoms with van der Waals surface area (Å²) in [4.78, 5) is 22.9. The van der Waals surface area contributed by atoms with Gasteiger partial charge in [-0.05, 0) is 36.4 Å². The van der Waals surface area contributed by atoms with E-state index < -0.39 is 23.3 Å². The molecule has 2 aromatic carbocycles. The molecule has 0 spiro atoms. The molecule has 0 bridgehead atoms. The highest BCUT2D eigenvalue weighted by atomic mass is 79.9. The van der Waals surface area contributed by atoms with Gasteiger partial charge in [0, 0.05) is 15.8 Å². The minimum absolute atomic E-state index is 0.168. The van der Waals surface area contributed by atoms with Crippen molar-refractivity contribution in [2.24, 2.45) is 0 Å². The molecule has 0 atom stereocenters. The second-order valence-corrected chi connectivity index (χ2v) is 5.10. The number of hydrogen-bond acceptors (Lipinski definition) is 3. The lowest BCUT2D eigenvalue weighted by Crippen LogP contribution is -2.14. The number of rotatable bonds is 3. The van der Waals surface area contributed by atoms with Crippen molar-refractivity contribution < 1.29 is 19.1 Å². The van der Waals surface area contributed by atoms with Gasteiger partial charge in [0.1, 0.15) is 5.82 Å². The Bertz CT molecular complexity index is 734. The summed E-state index contributed by atoms with van der Waals surface area (Å²) in [5.41, 5.74) is 5.89. The molecule has 0 saturated heterocycles. The van der Waals surface area contributed by atoms with Crippen LogP contribution in [0.4, 0.5) is 15.8 Å². The fraction of sp³-hybridized carbons (Fsp3) is 0. The molecule has 2 rings (SSSR count). The molecule has 2 aromatic rings. The molecule has 5 nitrogen and oxygen atoms in total. The Morgan fingerprint density at radius 3 is 2.48 bits per heavy atom. The Morgan fingerprint density at radius 1 is 1.14 bits per heavy atom. The molecule has 1 amide bonds. The van der Waals surface area contributed by atoms with E-state index in [-0.39, 0.29) is 16.9 Å². The van der Waals surface area contributed by atoms with Crippen LogP contribution >= 0.6 is 15.9 Å². The van der Waals surface area contributed by atoms with E-state index in [1.807, 2.05) is 0 Å². The lowest BCUT2D eigenvalue weighted by atomic mass is 10.1. The summed E-state index contributed by atoms with van der Waals surface area (Å²) < 4.78 is 14.0. The minimum atomic E-state index is -1.41. The van der Waals surface area contributed by atoms with E-state index in [0.717, 1.165) is 16.6 Å². The first kappa shape index (κ1) is 15.0. The molecule has 0 unspecified atom stereocenters. The standard InChI is InChI=1S/C14H10BrFN2O3/c15-7-1-3-9(12(17)5-7)13(19)18-8-2-4-11(16)10(6-8)14(20)21/h1-6H,17H2,(H,18,19)(H,20,21). The third-order valence-electron chi connectivity index (χ3n) is 2.71. The van der Waals surface area contributed by atoms with Crippen molar-refractivity contribution in [3.05, 3.63) is 57.8 Å². The molecule has 108 valence electrons. The monoisotopic (exact) mass is 352 g/mol. The number of nitrogen functional groups attached to an aromatic ring is 1. The first-order valence-corrected chi connectivity index (χ1v) is 6.57. The maximum absolute atomic E-state index is 13.3. The number of carboxylic acid groups (broad SMARTS) is 1. The normalized spacial score (nSPS) is 10.2. The van der Waals surface area contributed by atoms with Gasteiger partial charge in [-0.2, -0.15) is 0 Å². The van der Waals surface area contributed by atoms with Crippen molar-refractivity contribution in [2.45, 2.75) is 0 Å². The summed E-state index contributed by atoms with van der Waals surface area (Å²) in [5.74, 6) is -2.79. The smallest absolute Gasteiger partial charge is 0.338 e. The molecular formula is C14H10BrFN2O3. The van der Waals surface area contributed by atoms with E-state index in [9.17, 15) is 14.0 Å². The van der Waals surface area contributed by atoms with Crippen molar-refractivity contribution >= 4 is 39.2 Å². The first-order chi connectivity index (χ1) is 9.88. The Hall–Kier alpha value is -2.41. The van der Waals surface area contributed by atoms with Crippen molar-refractivity contribution in [3.8, 4) is 0 Å². The number of aromatic carboxylic acids is 1. The summed E-state index contributed by atoms with van der Waals surface area (Å²) in [6.07, 6.45) is 0. The number of nitrogens with one attached hydrogen (secondary N) is 1. The van der Waals surface area contributed by atoms with Gasteiger partial charge in [-0.25, -0.2) is 9.18 Å². The van der Waals surface area contributed by atoms with E-state index >= 15 is 0 Å². The van der Waals surface area contributed by atoms with Crippen LogP contribution in [0.1, 0.15) is 20.7 Å². The average Bonchev–Trinajstić information content (AvgIpc) is 2.40. The highest BCUT2D eigenvalue weighted by molar-refractivity contribution is 9.10. The van der Waals surface area contributed by atoms with Crippen LogP contribution in [-0.2, 0) is 0 Å². The average molecular weight is 353 g/mol. The molecule has 0 fully saturated rings. The van der Waals surface area contributed by atoms with Gasteiger partial charge in [-0.3, -0.25) is 4.79 Å². The fourth-order valence-electron chi connectivity index (χ4n) is 1.71. The molecular weight excluding hydrogens is 343 g/mol. The predicted octanol–water partition coefficient (Wildman–Crippen LogP) is 3.12. The minimum Gasteiger partial charge on any atom is -0.478 e. The molecule has 4 N–H and O–H groups in total. The van der Waals surface area contributed by atoms with Crippen LogP contribution in [0.3, 0.4) is 0 Å². The SMILES string of the molecule is Nc1cc(Br)ccc1C(=O)Nc1ccc(F)c(C(=O)O)c1. The third kappa shape index (κ3) is 3.38. The van der Waals surface area contributed by atoms with Crippen molar-refractivity contribution in [1.82, 2.24) is 0 Å². The van der Waals surface area contributed by atoms with E-state index in [1.54, 1.807) is 12.1 Å². The van der Waals surface area contributed by atoms with Crippen LogP contribution in [0.2, 0.25) is 0 Å². The maximum atomic E-state index is 13.3. The highest BCUT2D eigenvalue weighted by Gasteiger charge is 2.14. The van der Waals surface area contributed by atoms with Gasteiger partial charge in [-0.15, -0.1) is 0 Å². The zero-order chi connectivity index (χ0) is 15.6. The van der Waals surface area contributed by atoms with Crippen LogP contribution in [0.25, 0.3) is 0 Å². The number of nitrogens with two attached hydrogens (primary N) is 1. The maximum Gasteiger partial charge on any atom is 0.338 e. The van der Waals surface area contributed by atoms with Gasteiger partial charge in [0.05, 0.1) is 11.1 Å². The van der Waals surface area contributed by atoms with Crippen LogP contribution in [0, 0.1) is 5.82 Å². The molecule has 0 aromatic heterocycles. The van der Waals surface area contributed by atoms with Crippen molar-refractivity contribution in [1.29, 1.82) is 0 Å². The van der Waals surface area contributed by atoms with Gasteiger partial charge < -0.3 is 16.2 Å². The Balaban J connectivity index is 2.27. The molecule has 0 heterocycles. The van der Waals surface area contributed by atoms with E-state index in [2.05, 4.69) is 21.2 Å². The van der Waals surface area contributed by atoms with Gasteiger partial charge in [0.15, 0.2) is 0 Å². The molecule has 0 radical (unpaired) electrons. The lowest BCUT2D eigenvalue weighted by molar-refractivity contribution is 0.0691. The van der Waals surface area contributed by atoms with E-state index in [1.165, 1.54) is 12.1 Å². The number of carbonyl (C=O) groups excluding carboxylic acids is 1. The predicted molar refractivity (Wildman–Crippen MR) is 79.9 cm³/mol. The topological polar surface area (TPSA) is 92.4 Å². The van der Waals surface area contributed by atoms with Crippen molar-refractivity contribution in [3.63, 3.8) is 0 Å². The van der Waals surface area contributed by atoms with Crippen LogP contribution in [0.15, 0.2) is 40.9 Å². The molecule has 0 aliphatic rings. The van der Waals surface area contributed by atoms with Crippen LogP contribution < -0.4 is 11.1 Å². The second-order valence-electron chi connectivity index (χ2n) is 4.19. The Kier molecular flexibility index (Phi) is 4.23. The Labute approximate surface area is 127 Å². The van der Waals surface area contributed by atoms with E-state index in [0.29, 0.717) is 0 Å². The molecule has 0 aliphatic heterocycles. The zero-order valence-corrected chi connectivity index (χ0v) is 12.1. The fourth-order valence-corrected chi connectivity index (χ4v) is 2.08. The number of benzene rings is 2. The van der Waals surface area contributed by atoms with E-state index in [4.69, 9.17) is 10.8 Å². The molecule has 21 heavy (non-hydrogen) atoms. The molecule has 0 aliphatic carbocycles. The summed E-state index contributed by atoms with van der Waals surface area (Å²) in [7, 11) is 0. The summed E-state index contributed by atoms with van der Waals surface area (Å²) >= 11 is 3.23. The molecule has 7 heteroatoms. The first-order valence-electron chi connectivity index (χ1n) is 5.77. The Morgan fingerprint density at radius 2 is 1.86 bits per heavy atom. The highest BCUT2D eigenvalue weighted by Crippen LogP contribution is 2.21. The quantitative estimate of drug-likeness (QED) is 0.740. The number of halogens is 2. The van der Waals surface area contributed by atoms with Crippen LogP contribution in [-0.4, -0.2) is 17.0 Å². The van der Waals surface area contributed by atoms with Gasteiger partial charge in [0.25, 0.3) is 5.91 Å². The van der Waals surface area contributed by atoms with Crippen LogP contribution in [0.5, 0.6) is 0 Å². The zero-order valence-electron chi connectivity index (χ0n) is 10.6. The van der Waals surface area contributed by atoms with Gasteiger partial charge in [0.2, 0.25) is 0 Å². The molecule has 0 saturated carbocycles. The number of amides is 1.